The number of nitrogens with two attached hydrogens (primary N) is 1. The second kappa shape index (κ2) is 9.74. The van der Waals surface area contributed by atoms with Gasteiger partial charge in [0, 0.05) is 24.4 Å². The van der Waals surface area contributed by atoms with Crippen LogP contribution in [-0.2, 0) is 11.2 Å². The van der Waals surface area contributed by atoms with Crippen molar-refractivity contribution >= 4 is 12.7 Å². The number of benzene rings is 1. The van der Waals surface area contributed by atoms with Crippen LogP contribution in [0.2, 0.25) is 0 Å². The Hall–Kier alpha value is -2.20. The van der Waals surface area contributed by atoms with Gasteiger partial charge in [-0.1, -0.05) is 36.4 Å². The van der Waals surface area contributed by atoms with Crippen molar-refractivity contribution in [3.63, 3.8) is 0 Å². The van der Waals surface area contributed by atoms with E-state index in [1.807, 2.05) is 13.1 Å². The molecule has 3 N–H and O–H groups in total. The van der Waals surface area contributed by atoms with Crippen molar-refractivity contribution in [1.82, 2.24) is 0 Å². The first kappa shape index (κ1) is 18.8. The van der Waals surface area contributed by atoms with E-state index in [2.05, 4.69) is 42.8 Å². The van der Waals surface area contributed by atoms with Gasteiger partial charge in [-0.25, -0.2) is 0 Å². The van der Waals surface area contributed by atoms with Gasteiger partial charge in [-0.15, -0.1) is 0 Å². The number of hydrogen-bond acceptors (Lipinski definition) is 3. The van der Waals surface area contributed by atoms with E-state index >= 15 is 0 Å². The van der Waals surface area contributed by atoms with Crippen LogP contribution in [0.3, 0.4) is 0 Å². The lowest BCUT2D eigenvalue weighted by molar-refractivity contribution is -0.122. The molecule has 0 aromatic heterocycles. The maximum atomic E-state index is 8.36. The Kier molecular flexibility index (Phi) is 7.98. The Morgan fingerprint density at radius 1 is 1.39 bits per heavy atom. The third kappa shape index (κ3) is 8.12. The van der Waals surface area contributed by atoms with Crippen LogP contribution in [-0.4, -0.2) is 23.8 Å². The summed E-state index contributed by atoms with van der Waals surface area (Å²) < 4.78 is 0. The molecule has 1 aliphatic rings. The molecule has 124 valence electrons. The molecule has 0 saturated heterocycles. The Morgan fingerprint density at radius 3 is 2.39 bits per heavy atom. The van der Waals surface area contributed by atoms with E-state index in [-0.39, 0.29) is 12.5 Å². The summed E-state index contributed by atoms with van der Waals surface area (Å²) in [5.41, 5.74) is 12.1. The Morgan fingerprint density at radius 2 is 1.96 bits per heavy atom. The highest BCUT2D eigenvalue weighted by Crippen LogP contribution is 2.34. The molecule has 1 saturated carbocycles. The highest BCUT2D eigenvalue weighted by atomic mass is 16.3. The summed E-state index contributed by atoms with van der Waals surface area (Å²) in [7, 11) is 0. The summed E-state index contributed by atoms with van der Waals surface area (Å²) in [5, 5.41) is 6.89. The summed E-state index contributed by atoms with van der Waals surface area (Å²) in [6.07, 6.45) is 6.18. The van der Waals surface area contributed by atoms with E-state index in [0.29, 0.717) is 0 Å². The molecule has 0 heterocycles. The molecule has 0 aliphatic heterocycles. The van der Waals surface area contributed by atoms with E-state index in [1.54, 1.807) is 0 Å². The number of aliphatic imine (C=N–C) groups is 1. The van der Waals surface area contributed by atoms with Gasteiger partial charge in [0.25, 0.3) is 6.47 Å². The van der Waals surface area contributed by atoms with Crippen LogP contribution in [0.15, 0.2) is 52.7 Å². The van der Waals surface area contributed by atoms with Crippen LogP contribution in [0.4, 0.5) is 0 Å². The molecular formula is C19H26N2O2. The van der Waals surface area contributed by atoms with Gasteiger partial charge in [0.05, 0.1) is 0 Å². The number of carbonyl (C=O) groups is 1. The molecule has 4 heteroatoms. The maximum Gasteiger partial charge on any atom is 0.290 e. The van der Waals surface area contributed by atoms with E-state index in [0.717, 1.165) is 18.4 Å². The van der Waals surface area contributed by atoms with Crippen LogP contribution in [0, 0.1) is 0 Å². The number of allylic oxidation sites excluding steroid dienone is 2. The maximum absolute atomic E-state index is 8.36. The molecule has 1 aromatic rings. The fourth-order valence-electron chi connectivity index (χ4n) is 2.16. The smallest absolute Gasteiger partial charge is 0.290 e. The van der Waals surface area contributed by atoms with Gasteiger partial charge in [-0.05, 0) is 49.8 Å². The van der Waals surface area contributed by atoms with Gasteiger partial charge in [0.15, 0.2) is 0 Å². The van der Waals surface area contributed by atoms with Gasteiger partial charge in [0.1, 0.15) is 0 Å². The van der Waals surface area contributed by atoms with Gasteiger partial charge < -0.3 is 10.8 Å². The molecule has 23 heavy (non-hydrogen) atoms. The summed E-state index contributed by atoms with van der Waals surface area (Å²) in [6.45, 7) is 7.81. The molecule has 1 unspecified atom stereocenters. The van der Waals surface area contributed by atoms with Crippen LogP contribution in [0.25, 0.3) is 0 Å². The van der Waals surface area contributed by atoms with E-state index in [1.165, 1.54) is 35.2 Å². The summed E-state index contributed by atoms with van der Waals surface area (Å²) in [4.78, 5) is 13.0. The predicted molar refractivity (Wildman–Crippen MR) is 95.8 cm³/mol. The third-order valence-electron chi connectivity index (χ3n) is 3.28. The average Bonchev–Trinajstić information content (AvgIpc) is 3.29. The van der Waals surface area contributed by atoms with Crippen molar-refractivity contribution in [1.29, 1.82) is 0 Å². The summed E-state index contributed by atoms with van der Waals surface area (Å²) >= 11 is 0. The van der Waals surface area contributed by atoms with Crippen molar-refractivity contribution in [3.8, 4) is 0 Å². The molecule has 1 aromatic carbocycles. The molecular weight excluding hydrogens is 288 g/mol. The minimum absolute atomic E-state index is 0.205. The minimum Gasteiger partial charge on any atom is -0.483 e. The first-order chi connectivity index (χ1) is 11.0. The molecule has 0 bridgehead atoms. The van der Waals surface area contributed by atoms with E-state index in [4.69, 9.17) is 15.6 Å². The first-order valence-electron chi connectivity index (χ1n) is 7.78. The summed E-state index contributed by atoms with van der Waals surface area (Å²) in [5.74, 6) is 0. The average molecular weight is 314 g/mol. The van der Waals surface area contributed by atoms with Crippen molar-refractivity contribution < 1.29 is 9.90 Å². The topological polar surface area (TPSA) is 75.7 Å². The number of carboxylic acid groups (broad SMARTS) is 1. The van der Waals surface area contributed by atoms with Crippen LogP contribution >= 0.6 is 0 Å². The lowest BCUT2D eigenvalue weighted by atomic mass is 10.1. The first-order valence-corrected chi connectivity index (χ1v) is 7.78. The molecule has 0 spiro atoms. The highest BCUT2D eigenvalue weighted by molar-refractivity contribution is 5.80. The number of rotatable bonds is 6. The largest absolute Gasteiger partial charge is 0.483 e. The second-order valence-corrected chi connectivity index (χ2v) is 5.97. The van der Waals surface area contributed by atoms with Crippen molar-refractivity contribution in [3.05, 3.63) is 58.8 Å². The van der Waals surface area contributed by atoms with Crippen LogP contribution in [0.1, 0.15) is 44.2 Å². The molecule has 1 fully saturated rings. The van der Waals surface area contributed by atoms with Gasteiger partial charge >= 0.3 is 0 Å². The van der Waals surface area contributed by atoms with Crippen molar-refractivity contribution in [2.45, 2.75) is 45.6 Å². The molecule has 1 atom stereocenters. The number of hydrogen-bond donors (Lipinski definition) is 2. The zero-order valence-corrected chi connectivity index (χ0v) is 14.0. The lowest BCUT2D eigenvalue weighted by Crippen LogP contribution is -2.17. The van der Waals surface area contributed by atoms with E-state index < -0.39 is 0 Å². The molecule has 4 nitrogen and oxygen atoms in total. The zero-order chi connectivity index (χ0) is 17.2. The van der Waals surface area contributed by atoms with Crippen molar-refractivity contribution in [2.24, 2.45) is 10.7 Å². The number of nitrogens with zero attached hydrogens (tertiary/aromatic N) is 1. The fourth-order valence-corrected chi connectivity index (χ4v) is 2.16. The van der Waals surface area contributed by atoms with Crippen LogP contribution in [0.5, 0.6) is 0 Å². The molecule has 1 aliphatic carbocycles. The monoisotopic (exact) mass is 314 g/mol. The van der Waals surface area contributed by atoms with Gasteiger partial charge in [0.2, 0.25) is 0 Å². The fraction of sp³-hybridized carbons (Fsp3) is 0.368. The SMILES string of the molecule is C=C(C)CC(N=Cc1ccc(CC(C)N)cc1)=C1CC1.O=CO. The normalized spacial score (nSPS) is 14.0. The molecule has 2 rings (SSSR count). The van der Waals surface area contributed by atoms with Crippen LogP contribution < -0.4 is 5.73 Å². The lowest BCUT2D eigenvalue weighted by Gasteiger charge is -2.05. The van der Waals surface area contributed by atoms with Gasteiger partial charge in [-0.2, -0.15) is 0 Å². The highest BCUT2D eigenvalue weighted by Gasteiger charge is 2.16. The Balaban J connectivity index is 0.000000816. The van der Waals surface area contributed by atoms with Gasteiger partial charge in [-0.3, -0.25) is 9.79 Å². The quantitative estimate of drug-likeness (QED) is 0.477. The Bertz CT molecular complexity index is 578. The minimum atomic E-state index is -0.250. The van der Waals surface area contributed by atoms with E-state index in [9.17, 15) is 0 Å². The summed E-state index contributed by atoms with van der Waals surface area (Å²) in [6, 6.07) is 8.69. The molecule has 0 radical (unpaired) electrons. The van der Waals surface area contributed by atoms with Crippen molar-refractivity contribution in [2.75, 3.05) is 0 Å². The predicted octanol–water partition coefficient (Wildman–Crippen LogP) is 3.71. The third-order valence-corrected chi connectivity index (χ3v) is 3.28. The standard InChI is InChI=1S/C18H24N2.CH2O2/c1-13(2)10-18(17-8-9-17)20-12-16-6-4-15(5-7-16)11-14(3)19;2-1-3/h4-7,12,14H,1,8-11,19H2,2-3H3;1H,(H,2,3). The zero-order valence-electron chi connectivity index (χ0n) is 14.0. The second-order valence-electron chi connectivity index (χ2n) is 5.97. The Labute approximate surface area is 138 Å². The molecule has 0 amide bonds.